The van der Waals surface area contributed by atoms with Crippen molar-refractivity contribution in [2.24, 2.45) is 0 Å². The van der Waals surface area contributed by atoms with E-state index in [0.29, 0.717) is 6.42 Å². The molecule has 5 nitrogen and oxygen atoms in total. The van der Waals surface area contributed by atoms with Gasteiger partial charge in [0, 0.05) is 60.5 Å². The molecule has 18 heavy (non-hydrogen) atoms. The summed E-state index contributed by atoms with van der Waals surface area (Å²) in [6, 6.07) is 7.01. The van der Waals surface area contributed by atoms with Crippen molar-refractivity contribution in [1.29, 1.82) is 0 Å². The van der Waals surface area contributed by atoms with Crippen LogP contribution in [0.1, 0.15) is 11.4 Å². The molecule has 2 rings (SSSR count). The van der Waals surface area contributed by atoms with Gasteiger partial charge in [0.1, 0.15) is 4.90 Å². The van der Waals surface area contributed by atoms with Crippen LogP contribution in [0.25, 0.3) is 0 Å². The van der Waals surface area contributed by atoms with Crippen LogP contribution >= 0.6 is 30.3 Å². The standard InChI is InChI=1S/C10H9IN2O3S2/c11-17-13-7-10(18(14,15)16)6-9(13)5-8-3-1-2-4-12-8/h1-4,6-7H,5H2,(H,14,15,16). The maximum absolute atomic E-state index is 11.1. The summed E-state index contributed by atoms with van der Waals surface area (Å²) in [6.45, 7) is 0. The predicted octanol–water partition coefficient (Wildman–Crippen LogP) is 2.57. The first-order valence-corrected chi connectivity index (χ1v) is 9.64. The van der Waals surface area contributed by atoms with Crippen LogP contribution in [0, 0.1) is 0 Å². The van der Waals surface area contributed by atoms with Crippen LogP contribution in [0.2, 0.25) is 0 Å². The molecule has 0 fully saturated rings. The van der Waals surface area contributed by atoms with Gasteiger partial charge in [0.15, 0.2) is 0 Å². The molecule has 0 amide bonds. The van der Waals surface area contributed by atoms with Gasteiger partial charge < -0.3 is 0 Å². The van der Waals surface area contributed by atoms with E-state index in [-0.39, 0.29) is 4.90 Å². The molecule has 0 radical (unpaired) electrons. The number of hydrogen-bond donors (Lipinski definition) is 1. The van der Waals surface area contributed by atoms with Crippen molar-refractivity contribution >= 4 is 40.4 Å². The summed E-state index contributed by atoms with van der Waals surface area (Å²) >= 11 is 2.05. The van der Waals surface area contributed by atoms with E-state index in [1.54, 1.807) is 10.2 Å². The minimum absolute atomic E-state index is 0.0994. The van der Waals surface area contributed by atoms with Crippen LogP contribution in [-0.4, -0.2) is 21.9 Å². The zero-order valence-corrected chi connectivity index (χ0v) is 12.8. The summed E-state index contributed by atoms with van der Waals surface area (Å²) in [7, 11) is -2.83. The van der Waals surface area contributed by atoms with E-state index < -0.39 is 10.1 Å². The topological polar surface area (TPSA) is 72.2 Å². The Labute approximate surface area is 121 Å². The summed E-state index contributed by atoms with van der Waals surface area (Å²) in [5.41, 5.74) is 1.60. The van der Waals surface area contributed by atoms with Crippen LogP contribution in [0.15, 0.2) is 41.6 Å². The van der Waals surface area contributed by atoms with Crippen molar-refractivity contribution in [3.05, 3.63) is 48.0 Å². The fourth-order valence-electron chi connectivity index (χ4n) is 1.49. The summed E-state index contributed by atoms with van der Waals surface area (Å²) in [4.78, 5) is 4.08. The van der Waals surface area contributed by atoms with Crippen LogP contribution in [-0.2, 0) is 16.5 Å². The van der Waals surface area contributed by atoms with Crippen LogP contribution in [0.5, 0.6) is 0 Å². The van der Waals surface area contributed by atoms with E-state index in [0.717, 1.165) is 11.4 Å². The molecule has 1 N–H and O–H groups in total. The van der Waals surface area contributed by atoms with Crippen molar-refractivity contribution < 1.29 is 13.0 Å². The molecule has 96 valence electrons. The number of hydrogen-bond acceptors (Lipinski definition) is 4. The average molecular weight is 396 g/mol. The second-order valence-corrected chi connectivity index (χ2v) is 6.67. The van der Waals surface area contributed by atoms with Crippen LogP contribution < -0.4 is 0 Å². The summed E-state index contributed by atoms with van der Waals surface area (Å²) in [6.07, 6.45) is 3.58. The Hall–Kier alpha value is -0.580. The van der Waals surface area contributed by atoms with Gasteiger partial charge in [-0.25, -0.2) is 0 Å². The lowest BCUT2D eigenvalue weighted by molar-refractivity contribution is 0.483. The van der Waals surface area contributed by atoms with E-state index >= 15 is 0 Å². The van der Waals surface area contributed by atoms with Crippen molar-refractivity contribution in [2.45, 2.75) is 11.3 Å². The van der Waals surface area contributed by atoms with Crippen LogP contribution in [0.4, 0.5) is 0 Å². The summed E-state index contributed by atoms with van der Waals surface area (Å²) in [5, 5.41) is 0. The molecule has 0 saturated heterocycles. The van der Waals surface area contributed by atoms with Gasteiger partial charge in [-0.15, -0.1) is 0 Å². The maximum atomic E-state index is 11.1. The molecular formula is C10H9IN2O3S2. The molecule has 0 saturated carbocycles. The van der Waals surface area contributed by atoms with Crippen molar-refractivity contribution in [2.75, 3.05) is 0 Å². The quantitative estimate of drug-likeness (QED) is 0.636. The number of aromatic nitrogens is 2. The highest BCUT2D eigenvalue weighted by Crippen LogP contribution is 2.25. The minimum Gasteiger partial charge on any atom is -0.285 e. The SMILES string of the molecule is O=S(=O)(O)c1cc(Cc2ccccn2)n(SI)c1. The number of halogens is 1. The fraction of sp³-hybridized carbons (Fsp3) is 0.100. The van der Waals surface area contributed by atoms with Gasteiger partial charge in [-0.2, -0.15) is 8.42 Å². The van der Waals surface area contributed by atoms with Gasteiger partial charge in [-0.1, -0.05) is 6.07 Å². The third-order valence-electron chi connectivity index (χ3n) is 2.30. The largest absolute Gasteiger partial charge is 0.296 e. The first kappa shape index (κ1) is 13.8. The Morgan fingerprint density at radius 3 is 2.78 bits per heavy atom. The molecular weight excluding hydrogens is 387 g/mol. The zero-order valence-electron chi connectivity index (χ0n) is 9.02. The minimum atomic E-state index is -4.16. The fourth-order valence-corrected chi connectivity index (χ4v) is 3.54. The molecule has 0 unspecified atom stereocenters. The Morgan fingerprint density at radius 2 is 2.22 bits per heavy atom. The maximum Gasteiger partial charge on any atom is 0.296 e. The lowest BCUT2D eigenvalue weighted by Gasteiger charge is -2.02. The molecule has 0 aliphatic heterocycles. The lowest BCUT2D eigenvalue weighted by atomic mass is 10.2. The predicted molar refractivity (Wildman–Crippen MR) is 78.3 cm³/mol. The first-order valence-electron chi connectivity index (χ1n) is 4.88. The van der Waals surface area contributed by atoms with E-state index in [4.69, 9.17) is 4.55 Å². The van der Waals surface area contributed by atoms with Gasteiger partial charge in [0.25, 0.3) is 10.1 Å². The number of nitrogens with zero attached hydrogens (tertiary/aromatic N) is 2. The van der Waals surface area contributed by atoms with Crippen molar-refractivity contribution in [3.8, 4) is 0 Å². The first-order chi connectivity index (χ1) is 8.50. The van der Waals surface area contributed by atoms with E-state index in [1.165, 1.54) is 21.4 Å². The van der Waals surface area contributed by atoms with Gasteiger partial charge in [0.05, 0.1) is 0 Å². The Morgan fingerprint density at radius 1 is 1.44 bits per heavy atom. The third-order valence-corrected chi connectivity index (χ3v) is 4.88. The molecule has 8 heteroatoms. The molecule has 2 aromatic heterocycles. The number of rotatable bonds is 4. The molecule has 0 aromatic carbocycles. The third kappa shape index (κ3) is 3.25. The second-order valence-electron chi connectivity index (χ2n) is 3.53. The van der Waals surface area contributed by atoms with Gasteiger partial charge >= 0.3 is 0 Å². The molecule has 0 aliphatic rings. The number of pyridine rings is 1. The monoisotopic (exact) mass is 396 g/mol. The molecule has 0 spiro atoms. The highest BCUT2D eigenvalue weighted by atomic mass is 127. The Kier molecular flexibility index (Phi) is 4.30. The summed E-state index contributed by atoms with van der Waals surface area (Å²) in [5.74, 6) is 0. The van der Waals surface area contributed by atoms with E-state index in [1.807, 2.05) is 39.4 Å². The average Bonchev–Trinajstić information content (AvgIpc) is 2.73. The molecule has 0 aliphatic carbocycles. The van der Waals surface area contributed by atoms with Crippen molar-refractivity contribution in [1.82, 2.24) is 8.96 Å². The van der Waals surface area contributed by atoms with Gasteiger partial charge in [-0.05, 0) is 18.2 Å². The van der Waals surface area contributed by atoms with Gasteiger partial charge in [-0.3, -0.25) is 13.5 Å². The van der Waals surface area contributed by atoms with Crippen molar-refractivity contribution in [3.63, 3.8) is 0 Å². The Balaban J connectivity index is 2.36. The zero-order chi connectivity index (χ0) is 13.2. The van der Waals surface area contributed by atoms with E-state index in [9.17, 15) is 8.42 Å². The second kappa shape index (κ2) is 5.59. The molecule has 0 bridgehead atoms. The van der Waals surface area contributed by atoms with Crippen LogP contribution in [0.3, 0.4) is 0 Å². The lowest BCUT2D eigenvalue weighted by Crippen LogP contribution is -1.95. The van der Waals surface area contributed by atoms with E-state index in [2.05, 4.69) is 4.98 Å². The smallest absolute Gasteiger partial charge is 0.285 e. The normalized spacial score (nSPS) is 11.7. The summed E-state index contributed by atoms with van der Waals surface area (Å²) < 4.78 is 32.9. The Bertz CT molecular complexity index is 640. The highest BCUT2D eigenvalue weighted by molar-refractivity contribution is 14.2. The van der Waals surface area contributed by atoms with Gasteiger partial charge in [0.2, 0.25) is 0 Å². The highest BCUT2D eigenvalue weighted by Gasteiger charge is 2.16. The molecule has 2 aromatic rings. The molecule has 2 heterocycles. The molecule has 0 atom stereocenters.